The van der Waals surface area contributed by atoms with E-state index in [-0.39, 0.29) is 30.8 Å². The molecule has 2 amide bonds. The molecule has 2 fully saturated rings. The number of aliphatic hydroxyl groups excluding tert-OH is 1. The molecule has 0 aromatic heterocycles. The highest BCUT2D eigenvalue weighted by Crippen LogP contribution is 2.42. The summed E-state index contributed by atoms with van der Waals surface area (Å²) in [5, 5.41) is 15.4. The summed E-state index contributed by atoms with van der Waals surface area (Å²) in [4.78, 5) is 14.8. The SMILES string of the molecule is CC1C(CN2CCOCC2)OC(c2cccc(-c3cccc(CNC(=O)NCc4ccccc4)c3)c2)OC1c1ccc(CO)cc1. The van der Waals surface area contributed by atoms with Gasteiger partial charge in [0, 0.05) is 44.2 Å². The van der Waals surface area contributed by atoms with Crippen molar-refractivity contribution in [2.24, 2.45) is 5.92 Å². The van der Waals surface area contributed by atoms with Crippen LogP contribution in [0.1, 0.15) is 47.1 Å². The predicted molar refractivity (Wildman–Crippen MR) is 178 cm³/mol. The fraction of sp³-hybridized carbons (Fsp3) is 0.342. The van der Waals surface area contributed by atoms with Crippen molar-refractivity contribution in [1.82, 2.24) is 15.5 Å². The average Bonchev–Trinajstić information content (AvgIpc) is 3.12. The Bertz CT molecular complexity index is 1560. The molecule has 2 aliphatic rings. The summed E-state index contributed by atoms with van der Waals surface area (Å²) < 4.78 is 19.0. The normalized spacial score (nSPS) is 21.9. The lowest BCUT2D eigenvalue weighted by atomic mass is 9.89. The summed E-state index contributed by atoms with van der Waals surface area (Å²) in [5.74, 6) is 0.122. The maximum absolute atomic E-state index is 12.4. The molecule has 0 aliphatic carbocycles. The zero-order chi connectivity index (χ0) is 31.7. The maximum atomic E-state index is 12.4. The molecule has 46 heavy (non-hydrogen) atoms. The first kappa shape index (κ1) is 31.9. The van der Waals surface area contributed by atoms with Crippen LogP contribution in [0.15, 0.2) is 103 Å². The Labute approximate surface area is 271 Å². The molecule has 8 heteroatoms. The number of urea groups is 1. The quantitative estimate of drug-likeness (QED) is 0.202. The van der Waals surface area contributed by atoms with Crippen molar-refractivity contribution in [2.75, 3.05) is 32.8 Å². The molecule has 2 saturated heterocycles. The van der Waals surface area contributed by atoms with E-state index in [4.69, 9.17) is 14.2 Å². The van der Waals surface area contributed by atoms with Crippen molar-refractivity contribution >= 4 is 6.03 Å². The van der Waals surface area contributed by atoms with Crippen molar-refractivity contribution in [2.45, 2.75) is 45.1 Å². The monoisotopic (exact) mass is 621 g/mol. The minimum atomic E-state index is -0.539. The zero-order valence-electron chi connectivity index (χ0n) is 26.3. The number of hydrogen-bond acceptors (Lipinski definition) is 6. The summed E-state index contributed by atoms with van der Waals surface area (Å²) >= 11 is 0. The van der Waals surface area contributed by atoms with Crippen LogP contribution in [0, 0.1) is 5.92 Å². The van der Waals surface area contributed by atoms with Crippen LogP contribution in [0.3, 0.4) is 0 Å². The fourth-order valence-corrected chi connectivity index (χ4v) is 6.12. The smallest absolute Gasteiger partial charge is 0.315 e. The van der Waals surface area contributed by atoms with Crippen molar-refractivity contribution < 1.29 is 24.1 Å². The summed E-state index contributed by atoms with van der Waals surface area (Å²) in [6, 6.07) is 34.2. The van der Waals surface area contributed by atoms with E-state index in [0.29, 0.717) is 13.1 Å². The van der Waals surface area contributed by atoms with E-state index in [9.17, 15) is 9.90 Å². The molecule has 8 nitrogen and oxygen atoms in total. The van der Waals surface area contributed by atoms with Crippen LogP contribution in [-0.4, -0.2) is 55.0 Å². The van der Waals surface area contributed by atoms with E-state index in [0.717, 1.165) is 71.8 Å². The fourth-order valence-electron chi connectivity index (χ4n) is 6.12. The van der Waals surface area contributed by atoms with Crippen LogP contribution in [0.2, 0.25) is 0 Å². The van der Waals surface area contributed by atoms with Crippen LogP contribution in [0.25, 0.3) is 11.1 Å². The number of benzene rings is 4. The molecule has 4 unspecified atom stereocenters. The molecule has 4 atom stereocenters. The van der Waals surface area contributed by atoms with Crippen LogP contribution in [-0.2, 0) is 33.9 Å². The molecule has 240 valence electrons. The lowest BCUT2D eigenvalue weighted by molar-refractivity contribution is -0.277. The Morgan fingerprint density at radius 2 is 1.43 bits per heavy atom. The van der Waals surface area contributed by atoms with Crippen molar-refractivity contribution in [1.29, 1.82) is 0 Å². The number of aliphatic hydroxyl groups is 1. The molecular formula is C38H43N3O5. The highest BCUT2D eigenvalue weighted by molar-refractivity contribution is 5.74. The Hall–Kier alpha value is -4.05. The topological polar surface area (TPSA) is 92.3 Å². The van der Waals surface area contributed by atoms with E-state index in [1.807, 2.05) is 60.7 Å². The van der Waals surface area contributed by atoms with Gasteiger partial charge in [0.25, 0.3) is 0 Å². The Kier molecular flexibility index (Phi) is 10.7. The first-order valence-corrected chi connectivity index (χ1v) is 16.1. The van der Waals surface area contributed by atoms with Crippen molar-refractivity contribution in [3.63, 3.8) is 0 Å². The lowest BCUT2D eigenvalue weighted by Gasteiger charge is -2.43. The third-order valence-electron chi connectivity index (χ3n) is 8.83. The molecule has 0 spiro atoms. The molecule has 4 aromatic rings. The lowest BCUT2D eigenvalue weighted by Crippen LogP contribution is -2.47. The van der Waals surface area contributed by atoms with Crippen molar-refractivity contribution in [3.8, 4) is 11.1 Å². The van der Waals surface area contributed by atoms with Crippen molar-refractivity contribution in [3.05, 3.63) is 131 Å². The van der Waals surface area contributed by atoms with Crippen LogP contribution < -0.4 is 10.6 Å². The largest absolute Gasteiger partial charge is 0.392 e. The van der Waals surface area contributed by atoms with Gasteiger partial charge in [-0.05, 0) is 45.5 Å². The molecule has 2 heterocycles. The highest BCUT2D eigenvalue weighted by atomic mass is 16.7. The Morgan fingerprint density at radius 3 is 2.17 bits per heavy atom. The minimum absolute atomic E-state index is 0.0122. The van der Waals surface area contributed by atoms with Crippen LogP contribution >= 0.6 is 0 Å². The number of nitrogens with one attached hydrogen (secondary N) is 2. The summed E-state index contributed by atoms with van der Waals surface area (Å²) in [7, 11) is 0. The third kappa shape index (κ3) is 8.20. The molecule has 0 saturated carbocycles. The Morgan fingerprint density at radius 1 is 0.761 bits per heavy atom. The molecule has 2 aliphatic heterocycles. The summed E-state index contributed by atoms with van der Waals surface area (Å²) in [5.41, 5.74) is 7.07. The van der Waals surface area contributed by atoms with Crippen LogP contribution in [0.4, 0.5) is 4.79 Å². The number of hydrogen-bond donors (Lipinski definition) is 3. The number of nitrogens with zero attached hydrogens (tertiary/aromatic N) is 1. The first-order chi connectivity index (χ1) is 22.6. The van der Waals surface area contributed by atoms with Gasteiger partial charge in [-0.25, -0.2) is 4.79 Å². The second-order valence-electron chi connectivity index (χ2n) is 12.1. The summed E-state index contributed by atoms with van der Waals surface area (Å²) in [6.07, 6.45) is -0.739. The maximum Gasteiger partial charge on any atom is 0.315 e. The third-order valence-corrected chi connectivity index (χ3v) is 8.83. The first-order valence-electron chi connectivity index (χ1n) is 16.1. The van der Waals surface area contributed by atoms with E-state index in [1.165, 1.54) is 0 Å². The van der Waals surface area contributed by atoms with Gasteiger partial charge in [0.1, 0.15) is 0 Å². The second-order valence-corrected chi connectivity index (χ2v) is 12.1. The average molecular weight is 622 g/mol. The minimum Gasteiger partial charge on any atom is -0.392 e. The number of ether oxygens (including phenoxy) is 3. The van der Waals surface area contributed by atoms with E-state index < -0.39 is 6.29 Å². The molecule has 0 radical (unpaired) electrons. The number of carbonyl (C=O) groups is 1. The number of rotatable bonds is 10. The second kappa shape index (κ2) is 15.5. The van der Waals surface area contributed by atoms with E-state index in [1.54, 1.807) is 0 Å². The molecule has 0 bridgehead atoms. The zero-order valence-corrected chi connectivity index (χ0v) is 26.3. The van der Waals surface area contributed by atoms with Gasteiger partial charge in [0.15, 0.2) is 6.29 Å². The summed E-state index contributed by atoms with van der Waals surface area (Å²) in [6.45, 7) is 7.18. The molecule has 3 N–H and O–H groups in total. The molecule has 4 aromatic carbocycles. The van der Waals surface area contributed by atoms with Gasteiger partial charge in [0.05, 0.1) is 32.0 Å². The Balaban J connectivity index is 1.16. The van der Waals surface area contributed by atoms with Gasteiger partial charge in [-0.15, -0.1) is 0 Å². The molecule has 6 rings (SSSR count). The van der Waals surface area contributed by atoms with Gasteiger partial charge >= 0.3 is 6.03 Å². The van der Waals surface area contributed by atoms with E-state index in [2.05, 4.69) is 64.9 Å². The van der Waals surface area contributed by atoms with Crippen LogP contribution in [0.5, 0.6) is 0 Å². The van der Waals surface area contributed by atoms with Gasteiger partial charge in [-0.3, -0.25) is 4.90 Å². The number of carbonyl (C=O) groups excluding carboxylic acids is 1. The van der Waals surface area contributed by atoms with Gasteiger partial charge in [-0.1, -0.05) is 97.9 Å². The van der Waals surface area contributed by atoms with Gasteiger partial charge < -0.3 is 30.0 Å². The number of amides is 2. The molecular weight excluding hydrogens is 578 g/mol. The standard InChI is InChI=1S/C38H43N3O5/c1-27-35(25-41-17-19-44-20-18-41)45-37(46-36(27)31-15-13-29(26-42)14-16-31)34-12-6-11-33(22-34)32-10-5-9-30(21-32)24-40-38(43)39-23-28-7-3-2-4-8-28/h2-16,21-22,27,35-37,42H,17-20,23-26H2,1H3,(H2,39,40,43). The number of morpholine rings is 1. The predicted octanol–water partition coefficient (Wildman–Crippen LogP) is 5.97. The van der Waals surface area contributed by atoms with Gasteiger partial charge in [-0.2, -0.15) is 0 Å². The van der Waals surface area contributed by atoms with E-state index >= 15 is 0 Å². The van der Waals surface area contributed by atoms with Gasteiger partial charge in [0.2, 0.25) is 0 Å². The highest BCUT2D eigenvalue weighted by Gasteiger charge is 2.39.